The number of hydrogen-bond donors (Lipinski definition) is 0. The van der Waals surface area contributed by atoms with E-state index in [0.29, 0.717) is 6.42 Å². The van der Waals surface area contributed by atoms with Gasteiger partial charge in [0.15, 0.2) is 5.69 Å². The van der Waals surface area contributed by atoms with Crippen molar-refractivity contribution in [2.75, 3.05) is 7.11 Å². The van der Waals surface area contributed by atoms with Crippen molar-refractivity contribution in [1.82, 2.24) is 15.0 Å². The summed E-state index contributed by atoms with van der Waals surface area (Å²) < 4.78 is 43.3. The molecule has 2 rings (SSSR count). The zero-order chi connectivity index (χ0) is 14.0. The lowest BCUT2D eigenvalue weighted by atomic mass is 9.93. The van der Waals surface area contributed by atoms with Crippen molar-refractivity contribution in [3.8, 4) is 0 Å². The van der Waals surface area contributed by atoms with Crippen LogP contribution in [0, 0.1) is 0 Å². The van der Waals surface area contributed by atoms with Gasteiger partial charge in [-0.3, -0.25) is 4.79 Å². The molecular weight excluding hydrogens is 263 g/mol. The molecule has 19 heavy (non-hydrogen) atoms. The number of carbonyl (C=O) groups excluding carboxylic acids is 1. The highest BCUT2D eigenvalue weighted by Gasteiger charge is 2.41. The Hall–Kier alpha value is -1.44. The summed E-state index contributed by atoms with van der Waals surface area (Å²) in [7, 11) is 1.60. The van der Waals surface area contributed by atoms with Crippen LogP contribution >= 0.6 is 0 Å². The van der Waals surface area contributed by atoms with E-state index in [0.717, 1.165) is 25.5 Å². The van der Waals surface area contributed by atoms with Crippen LogP contribution in [0.2, 0.25) is 0 Å². The number of rotatable bonds is 3. The maximum atomic E-state index is 12.3. The Morgan fingerprint density at radius 3 is 2.84 bits per heavy atom. The van der Waals surface area contributed by atoms with Crippen LogP contribution in [-0.4, -0.2) is 40.2 Å². The molecule has 1 saturated carbocycles. The molecule has 1 aromatic rings. The van der Waals surface area contributed by atoms with Gasteiger partial charge in [0, 0.05) is 7.11 Å². The van der Waals surface area contributed by atoms with Crippen molar-refractivity contribution in [2.24, 2.45) is 0 Å². The largest absolute Gasteiger partial charge is 0.456 e. The highest BCUT2D eigenvalue weighted by Crippen LogP contribution is 2.29. The second-order valence-electron chi connectivity index (χ2n) is 4.59. The third-order valence-electron chi connectivity index (χ3n) is 3.31. The van der Waals surface area contributed by atoms with Crippen molar-refractivity contribution in [3.63, 3.8) is 0 Å². The summed E-state index contributed by atoms with van der Waals surface area (Å²) in [5, 5.41) is 6.94. The van der Waals surface area contributed by atoms with Crippen molar-refractivity contribution < 1.29 is 22.7 Å². The van der Waals surface area contributed by atoms with Gasteiger partial charge in [-0.2, -0.15) is 13.2 Å². The molecule has 2 atom stereocenters. The number of ether oxygens (including phenoxy) is 1. The highest BCUT2D eigenvalue weighted by atomic mass is 19.4. The average molecular weight is 277 g/mol. The molecule has 1 heterocycles. The lowest BCUT2D eigenvalue weighted by Crippen LogP contribution is -2.25. The van der Waals surface area contributed by atoms with Crippen molar-refractivity contribution in [3.05, 3.63) is 11.9 Å². The molecule has 1 aromatic heterocycles. The van der Waals surface area contributed by atoms with E-state index in [1.807, 2.05) is 0 Å². The monoisotopic (exact) mass is 277 g/mol. The van der Waals surface area contributed by atoms with Gasteiger partial charge in [-0.1, -0.05) is 5.21 Å². The molecule has 0 radical (unpaired) electrons. The van der Waals surface area contributed by atoms with Crippen molar-refractivity contribution in [1.29, 1.82) is 0 Å². The van der Waals surface area contributed by atoms with Crippen LogP contribution in [0.5, 0.6) is 0 Å². The van der Waals surface area contributed by atoms with Crippen LogP contribution in [0.3, 0.4) is 0 Å². The summed E-state index contributed by atoms with van der Waals surface area (Å²) in [5.41, 5.74) is -0.660. The van der Waals surface area contributed by atoms with E-state index in [9.17, 15) is 18.0 Å². The first kappa shape index (κ1) is 14.0. The first-order valence-electron chi connectivity index (χ1n) is 5.98. The molecule has 8 heteroatoms. The molecule has 0 bridgehead atoms. The summed E-state index contributed by atoms with van der Waals surface area (Å²) in [5.74, 6) is -1.96. The molecule has 1 aliphatic carbocycles. The lowest BCUT2D eigenvalue weighted by Gasteiger charge is -2.27. The van der Waals surface area contributed by atoms with Crippen molar-refractivity contribution >= 4 is 5.78 Å². The van der Waals surface area contributed by atoms with E-state index < -0.39 is 17.7 Å². The minimum absolute atomic E-state index is 0.0685. The van der Waals surface area contributed by atoms with Crippen LogP contribution in [0.25, 0.3) is 0 Å². The van der Waals surface area contributed by atoms with E-state index in [4.69, 9.17) is 4.74 Å². The fraction of sp³-hybridized carbons (Fsp3) is 0.727. The van der Waals surface area contributed by atoms with Gasteiger partial charge in [-0.05, 0) is 25.7 Å². The first-order chi connectivity index (χ1) is 8.91. The van der Waals surface area contributed by atoms with E-state index in [-0.39, 0.29) is 12.1 Å². The second-order valence-corrected chi connectivity index (χ2v) is 4.59. The minimum atomic E-state index is -4.91. The third kappa shape index (κ3) is 3.12. The molecule has 5 nitrogen and oxygen atoms in total. The zero-order valence-electron chi connectivity index (χ0n) is 10.4. The lowest BCUT2D eigenvalue weighted by molar-refractivity contribution is -0.0888. The van der Waals surface area contributed by atoms with Crippen LogP contribution in [0.1, 0.15) is 42.2 Å². The van der Waals surface area contributed by atoms with Gasteiger partial charge < -0.3 is 4.74 Å². The number of Topliss-reactive ketones (excluding diaryl/α,β-unsaturated/α-hetero) is 1. The molecular formula is C11H14F3N3O2. The summed E-state index contributed by atoms with van der Waals surface area (Å²) in [4.78, 5) is 11.0. The Morgan fingerprint density at radius 2 is 2.21 bits per heavy atom. The predicted octanol–water partition coefficient (Wildman–Crippen LogP) is 2.15. The second kappa shape index (κ2) is 5.28. The molecule has 0 aromatic carbocycles. The maximum absolute atomic E-state index is 12.3. The number of methoxy groups -OCH3 is 1. The maximum Gasteiger partial charge on any atom is 0.456 e. The standard InChI is InChI=1S/C11H14F3N3O2/c1-19-8-4-2-3-7(5-8)17-6-9(15-16-17)10(18)11(12,13)14/h6-8H,2-5H2,1H3. The van der Waals surface area contributed by atoms with Gasteiger partial charge in [0.2, 0.25) is 0 Å². The number of ketones is 1. The third-order valence-corrected chi connectivity index (χ3v) is 3.31. The molecule has 0 N–H and O–H groups in total. The summed E-state index contributed by atoms with van der Waals surface area (Å²) >= 11 is 0. The number of aromatic nitrogens is 3. The predicted molar refractivity (Wildman–Crippen MR) is 58.7 cm³/mol. The van der Waals surface area contributed by atoms with Crippen LogP contribution in [0.4, 0.5) is 13.2 Å². The van der Waals surface area contributed by atoms with E-state index in [1.54, 1.807) is 7.11 Å². The average Bonchev–Trinajstić information content (AvgIpc) is 2.86. The van der Waals surface area contributed by atoms with Crippen molar-refractivity contribution in [2.45, 2.75) is 44.0 Å². The normalized spacial score (nSPS) is 24.4. The summed E-state index contributed by atoms with van der Waals surface area (Å²) in [6.45, 7) is 0. The van der Waals surface area contributed by atoms with Gasteiger partial charge >= 0.3 is 6.18 Å². The minimum Gasteiger partial charge on any atom is -0.381 e. The SMILES string of the molecule is COC1CCCC(n2cc(C(=O)C(F)(F)F)nn2)C1. The Balaban J connectivity index is 2.11. The van der Waals surface area contributed by atoms with Crippen LogP contribution < -0.4 is 0 Å². The number of alkyl halides is 3. The fourth-order valence-electron chi connectivity index (χ4n) is 2.28. The number of carbonyl (C=O) groups is 1. The number of halogens is 3. The quantitative estimate of drug-likeness (QED) is 0.794. The van der Waals surface area contributed by atoms with E-state index >= 15 is 0 Å². The zero-order valence-corrected chi connectivity index (χ0v) is 10.4. The summed E-state index contributed by atoms with van der Waals surface area (Å²) in [6.07, 6.45) is -0.477. The van der Waals surface area contributed by atoms with Crippen LogP contribution in [0.15, 0.2) is 6.20 Å². The Labute approximate surface area is 107 Å². The van der Waals surface area contributed by atoms with E-state index in [2.05, 4.69) is 10.3 Å². The molecule has 1 aliphatic rings. The number of hydrogen-bond acceptors (Lipinski definition) is 4. The Bertz CT molecular complexity index is 458. The molecule has 0 saturated heterocycles. The topological polar surface area (TPSA) is 57.0 Å². The Kier molecular flexibility index (Phi) is 3.88. The fourth-order valence-corrected chi connectivity index (χ4v) is 2.28. The number of nitrogens with zero attached hydrogens (tertiary/aromatic N) is 3. The van der Waals surface area contributed by atoms with Gasteiger partial charge in [-0.25, -0.2) is 4.68 Å². The van der Waals surface area contributed by atoms with Gasteiger partial charge in [0.1, 0.15) is 0 Å². The molecule has 106 valence electrons. The molecule has 0 aliphatic heterocycles. The molecule has 2 unspecified atom stereocenters. The van der Waals surface area contributed by atoms with E-state index in [1.165, 1.54) is 4.68 Å². The van der Waals surface area contributed by atoms with Gasteiger partial charge in [0.05, 0.1) is 18.3 Å². The summed E-state index contributed by atoms with van der Waals surface area (Å²) in [6, 6.07) is -0.0685. The molecule has 0 amide bonds. The van der Waals surface area contributed by atoms with Gasteiger partial charge in [-0.15, -0.1) is 5.10 Å². The highest BCUT2D eigenvalue weighted by molar-refractivity contribution is 5.98. The first-order valence-corrected chi connectivity index (χ1v) is 5.98. The smallest absolute Gasteiger partial charge is 0.381 e. The Morgan fingerprint density at radius 1 is 1.47 bits per heavy atom. The van der Waals surface area contributed by atoms with Gasteiger partial charge in [0.25, 0.3) is 5.78 Å². The molecule has 0 spiro atoms. The molecule has 1 fully saturated rings. The van der Waals surface area contributed by atoms with Crippen LogP contribution in [-0.2, 0) is 4.74 Å².